The summed E-state index contributed by atoms with van der Waals surface area (Å²) < 4.78 is 28.7. The number of benzene rings is 2. The number of thiazole rings is 1. The summed E-state index contributed by atoms with van der Waals surface area (Å²) in [5.41, 5.74) is 2.91. The predicted molar refractivity (Wildman–Crippen MR) is 106 cm³/mol. The molecule has 0 saturated heterocycles. The van der Waals surface area contributed by atoms with Gasteiger partial charge in [-0.3, -0.25) is 0 Å². The Morgan fingerprint density at radius 3 is 2.56 bits per heavy atom. The van der Waals surface area contributed by atoms with Crippen LogP contribution in [0.3, 0.4) is 0 Å². The SMILES string of the molecule is Cc1ccc(-c2nc(COC(=O)c3ccc(Cl)c(S(C)(=O)=O)c3)cs2)cc1. The first-order valence-corrected chi connectivity index (χ1v) is 11.1. The van der Waals surface area contributed by atoms with Crippen LogP contribution in [-0.4, -0.2) is 25.6 Å². The highest BCUT2D eigenvalue weighted by Gasteiger charge is 2.17. The van der Waals surface area contributed by atoms with Crippen LogP contribution in [0.15, 0.2) is 52.7 Å². The Bertz CT molecular complexity index is 1090. The van der Waals surface area contributed by atoms with Crippen LogP contribution in [0.1, 0.15) is 21.6 Å². The third-order valence-electron chi connectivity index (χ3n) is 3.77. The fourth-order valence-corrected chi connectivity index (χ4v) is 4.45. The van der Waals surface area contributed by atoms with E-state index < -0.39 is 15.8 Å². The molecular weight excluding hydrogens is 406 g/mol. The van der Waals surface area contributed by atoms with Crippen LogP contribution in [0.25, 0.3) is 10.6 Å². The minimum absolute atomic E-state index is 0.00195. The van der Waals surface area contributed by atoms with Crippen LogP contribution in [0.2, 0.25) is 5.02 Å². The van der Waals surface area contributed by atoms with Gasteiger partial charge in [0.15, 0.2) is 9.84 Å². The first-order chi connectivity index (χ1) is 12.7. The van der Waals surface area contributed by atoms with Crippen molar-refractivity contribution < 1.29 is 17.9 Å². The predicted octanol–water partition coefficient (Wildman–Crippen LogP) is 4.53. The lowest BCUT2D eigenvalue weighted by atomic mass is 10.2. The molecule has 0 aliphatic rings. The van der Waals surface area contributed by atoms with Crippen molar-refractivity contribution in [2.75, 3.05) is 6.26 Å². The Hall–Kier alpha value is -2.22. The zero-order valence-corrected chi connectivity index (χ0v) is 17.0. The van der Waals surface area contributed by atoms with Crippen molar-refractivity contribution >= 4 is 38.7 Å². The van der Waals surface area contributed by atoms with E-state index in [2.05, 4.69) is 4.98 Å². The first-order valence-electron chi connectivity index (χ1n) is 7.92. The number of aromatic nitrogens is 1. The van der Waals surface area contributed by atoms with Crippen LogP contribution < -0.4 is 0 Å². The lowest BCUT2D eigenvalue weighted by Crippen LogP contribution is -2.07. The topological polar surface area (TPSA) is 73.3 Å². The quantitative estimate of drug-likeness (QED) is 0.566. The Labute approximate surface area is 166 Å². The van der Waals surface area contributed by atoms with Crippen LogP contribution in [0.4, 0.5) is 0 Å². The summed E-state index contributed by atoms with van der Waals surface area (Å²) in [7, 11) is -3.54. The second kappa shape index (κ2) is 7.80. The van der Waals surface area contributed by atoms with E-state index in [1.54, 1.807) is 0 Å². The molecule has 0 atom stereocenters. The van der Waals surface area contributed by atoms with E-state index >= 15 is 0 Å². The monoisotopic (exact) mass is 421 g/mol. The molecule has 0 bridgehead atoms. The van der Waals surface area contributed by atoms with Crippen LogP contribution in [0.5, 0.6) is 0 Å². The lowest BCUT2D eigenvalue weighted by Gasteiger charge is -2.06. The van der Waals surface area contributed by atoms with E-state index in [4.69, 9.17) is 16.3 Å². The second-order valence-corrected chi connectivity index (χ2v) is 9.25. The van der Waals surface area contributed by atoms with Gasteiger partial charge >= 0.3 is 5.97 Å². The van der Waals surface area contributed by atoms with Gasteiger partial charge in [-0.1, -0.05) is 41.4 Å². The van der Waals surface area contributed by atoms with E-state index in [0.717, 1.165) is 16.8 Å². The highest BCUT2D eigenvalue weighted by molar-refractivity contribution is 7.90. The van der Waals surface area contributed by atoms with Gasteiger partial charge in [0.05, 0.1) is 21.2 Å². The summed E-state index contributed by atoms with van der Waals surface area (Å²) in [6, 6.07) is 12.0. The van der Waals surface area contributed by atoms with Crippen molar-refractivity contribution in [3.63, 3.8) is 0 Å². The largest absolute Gasteiger partial charge is 0.456 e. The maximum atomic E-state index is 12.2. The Balaban J connectivity index is 1.71. The summed E-state index contributed by atoms with van der Waals surface area (Å²) in [5.74, 6) is -0.638. The van der Waals surface area contributed by atoms with Crippen LogP contribution >= 0.6 is 22.9 Å². The van der Waals surface area contributed by atoms with E-state index in [-0.39, 0.29) is 22.1 Å². The molecule has 5 nitrogen and oxygen atoms in total. The zero-order chi connectivity index (χ0) is 19.6. The minimum Gasteiger partial charge on any atom is -0.456 e. The minimum atomic E-state index is -3.54. The van der Waals surface area contributed by atoms with Gasteiger partial charge < -0.3 is 4.74 Å². The molecule has 0 spiro atoms. The molecule has 0 aliphatic heterocycles. The second-order valence-electron chi connectivity index (χ2n) is 6.00. The summed E-state index contributed by atoms with van der Waals surface area (Å²) in [6.07, 6.45) is 1.03. The Morgan fingerprint density at radius 2 is 1.89 bits per heavy atom. The average molecular weight is 422 g/mol. The van der Waals surface area contributed by atoms with Crippen molar-refractivity contribution in [3.05, 3.63) is 69.7 Å². The van der Waals surface area contributed by atoms with Gasteiger partial charge in [0.1, 0.15) is 11.6 Å². The third kappa shape index (κ3) is 4.74. The number of carbonyl (C=O) groups excluding carboxylic acids is 1. The van der Waals surface area contributed by atoms with Gasteiger partial charge in [0, 0.05) is 17.2 Å². The number of esters is 1. The van der Waals surface area contributed by atoms with Crippen LogP contribution in [-0.2, 0) is 21.2 Å². The molecule has 0 saturated carbocycles. The lowest BCUT2D eigenvalue weighted by molar-refractivity contribution is 0.0468. The first kappa shape index (κ1) is 19.5. The number of ether oxygens (including phenoxy) is 1. The number of aryl methyl sites for hydroxylation is 1. The van der Waals surface area contributed by atoms with Gasteiger partial charge in [0.25, 0.3) is 0 Å². The number of hydrogen-bond acceptors (Lipinski definition) is 6. The summed E-state index contributed by atoms with van der Waals surface area (Å²) in [4.78, 5) is 16.6. The highest BCUT2D eigenvalue weighted by atomic mass is 35.5. The van der Waals surface area contributed by atoms with Gasteiger partial charge in [-0.15, -0.1) is 11.3 Å². The molecule has 3 rings (SSSR count). The normalized spacial score (nSPS) is 11.4. The molecule has 2 aromatic carbocycles. The average Bonchev–Trinajstić information content (AvgIpc) is 3.08. The number of nitrogens with zero attached hydrogens (tertiary/aromatic N) is 1. The molecule has 0 unspecified atom stereocenters. The van der Waals surface area contributed by atoms with E-state index in [9.17, 15) is 13.2 Å². The van der Waals surface area contributed by atoms with Crippen LogP contribution in [0, 0.1) is 6.92 Å². The number of halogens is 1. The molecule has 3 aromatic rings. The molecule has 1 heterocycles. The number of hydrogen-bond donors (Lipinski definition) is 0. The highest BCUT2D eigenvalue weighted by Crippen LogP contribution is 2.25. The molecule has 8 heteroatoms. The van der Waals surface area contributed by atoms with Gasteiger partial charge in [-0.2, -0.15) is 0 Å². The fourth-order valence-electron chi connectivity index (χ4n) is 2.34. The molecule has 140 valence electrons. The molecule has 0 aliphatic carbocycles. The maximum Gasteiger partial charge on any atom is 0.338 e. The molecule has 0 N–H and O–H groups in total. The number of carbonyl (C=O) groups is 1. The molecule has 0 fully saturated rings. The van der Waals surface area contributed by atoms with E-state index in [1.165, 1.54) is 35.1 Å². The summed E-state index contributed by atoms with van der Waals surface area (Å²) in [6.45, 7) is 2.01. The Kier molecular flexibility index (Phi) is 5.64. The van der Waals surface area contributed by atoms with Crippen molar-refractivity contribution in [1.82, 2.24) is 4.98 Å². The summed E-state index contributed by atoms with van der Waals surface area (Å²) >= 11 is 7.35. The van der Waals surface area contributed by atoms with Gasteiger partial charge in [0.2, 0.25) is 0 Å². The smallest absolute Gasteiger partial charge is 0.338 e. The molecule has 1 aromatic heterocycles. The van der Waals surface area contributed by atoms with Gasteiger partial charge in [-0.25, -0.2) is 18.2 Å². The van der Waals surface area contributed by atoms with Crippen molar-refractivity contribution in [2.24, 2.45) is 0 Å². The van der Waals surface area contributed by atoms with Crippen molar-refractivity contribution in [2.45, 2.75) is 18.4 Å². The maximum absolute atomic E-state index is 12.2. The number of rotatable bonds is 5. The fraction of sp³-hybridized carbons (Fsp3) is 0.158. The number of sulfone groups is 1. The van der Waals surface area contributed by atoms with Crippen molar-refractivity contribution in [1.29, 1.82) is 0 Å². The van der Waals surface area contributed by atoms with Gasteiger partial charge in [-0.05, 0) is 25.1 Å². The Morgan fingerprint density at radius 1 is 1.19 bits per heavy atom. The zero-order valence-electron chi connectivity index (χ0n) is 14.6. The molecule has 0 radical (unpaired) electrons. The van der Waals surface area contributed by atoms with E-state index in [0.29, 0.717) is 5.69 Å². The third-order valence-corrected chi connectivity index (χ3v) is 6.29. The molecule has 27 heavy (non-hydrogen) atoms. The van der Waals surface area contributed by atoms with Crippen molar-refractivity contribution in [3.8, 4) is 10.6 Å². The van der Waals surface area contributed by atoms with E-state index in [1.807, 2.05) is 36.6 Å². The molecular formula is C19H16ClNO4S2. The molecule has 0 amide bonds. The standard InChI is InChI=1S/C19H16ClNO4S2/c1-12-3-5-13(6-4-12)18-21-15(11-26-18)10-25-19(22)14-7-8-16(20)17(9-14)27(2,23)24/h3-9,11H,10H2,1-2H3. The summed E-state index contributed by atoms with van der Waals surface area (Å²) in [5, 5.41) is 2.73.